The van der Waals surface area contributed by atoms with Crippen LogP contribution in [-0.4, -0.2) is 60.1 Å². The number of esters is 1. The lowest BCUT2D eigenvalue weighted by Crippen LogP contribution is -2.45. The molecular weight excluding hydrogens is 318 g/mol. The second-order valence-corrected chi connectivity index (χ2v) is 7.08. The zero-order valence-corrected chi connectivity index (χ0v) is 15.0. The van der Waals surface area contributed by atoms with Crippen LogP contribution >= 0.6 is 0 Å². The van der Waals surface area contributed by atoms with Crippen molar-refractivity contribution in [2.45, 2.75) is 45.4 Å². The maximum absolute atomic E-state index is 11.9. The maximum atomic E-state index is 11.9. The number of rotatable bonds is 5. The molecular formula is C19H27N3O3. The van der Waals surface area contributed by atoms with Gasteiger partial charge in [-0.1, -0.05) is 12.1 Å². The number of likely N-dealkylation sites (tertiary alicyclic amines) is 1. The van der Waals surface area contributed by atoms with Crippen molar-refractivity contribution in [3.63, 3.8) is 0 Å². The van der Waals surface area contributed by atoms with Gasteiger partial charge >= 0.3 is 12.0 Å². The summed E-state index contributed by atoms with van der Waals surface area (Å²) in [4.78, 5) is 28.0. The highest BCUT2D eigenvalue weighted by Gasteiger charge is 2.30. The number of carbonyl (C=O) groups is 2. The second-order valence-electron chi connectivity index (χ2n) is 7.08. The molecule has 2 heterocycles. The third-order valence-electron chi connectivity index (χ3n) is 4.83. The smallest absolute Gasteiger partial charge is 0.338 e. The van der Waals surface area contributed by atoms with E-state index in [0.29, 0.717) is 11.6 Å². The molecule has 0 spiro atoms. The van der Waals surface area contributed by atoms with Gasteiger partial charge in [-0.05, 0) is 44.4 Å². The SMILES string of the molecule is CC(C)OC(=O)c1ccc(CN2CCC(N3CCNC3=O)CC2)cc1. The van der Waals surface area contributed by atoms with Gasteiger partial charge in [-0.15, -0.1) is 0 Å². The third-order valence-corrected chi connectivity index (χ3v) is 4.83. The fourth-order valence-electron chi connectivity index (χ4n) is 3.51. The summed E-state index contributed by atoms with van der Waals surface area (Å²) in [6.45, 7) is 8.15. The van der Waals surface area contributed by atoms with Gasteiger partial charge in [0.2, 0.25) is 0 Å². The number of piperidine rings is 1. The molecule has 0 aromatic heterocycles. The Morgan fingerprint density at radius 2 is 1.88 bits per heavy atom. The first-order valence-electron chi connectivity index (χ1n) is 9.09. The van der Waals surface area contributed by atoms with Crippen LogP contribution in [-0.2, 0) is 11.3 Å². The van der Waals surface area contributed by atoms with E-state index in [1.807, 2.05) is 43.0 Å². The van der Waals surface area contributed by atoms with Crippen LogP contribution in [0.2, 0.25) is 0 Å². The third kappa shape index (κ3) is 4.51. The quantitative estimate of drug-likeness (QED) is 0.832. The van der Waals surface area contributed by atoms with E-state index in [1.54, 1.807) is 0 Å². The molecule has 3 rings (SSSR count). The van der Waals surface area contributed by atoms with Crippen molar-refractivity contribution in [3.05, 3.63) is 35.4 Å². The molecule has 6 nitrogen and oxygen atoms in total. The van der Waals surface area contributed by atoms with Crippen molar-refractivity contribution in [2.75, 3.05) is 26.2 Å². The van der Waals surface area contributed by atoms with E-state index >= 15 is 0 Å². The summed E-state index contributed by atoms with van der Waals surface area (Å²) < 4.78 is 5.21. The summed E-state index contributed by atoms with van der Waals surface area (Å²) in [5.74, 6) is -0.272. The first-order chi connectivity index (χ1) is 12.0. The molecule has 2 saturated heterocycles. The molecule has 1 N–H and O–H groups in total. The van der Waals surface area contributed by atoms with Crippen molar-refractivity contribution < 1.29 is 14.3 Å². The lowest BCUT2D eigenvalue weighted by molar-refractivity contribution is 0.0378. The number of amides is 2. The highest BCUT2D eigenvalue weighted by molar-refractivity contribution is 5.89. The maximum Gasteiger partial charge on any atom is 0.338 e. The van der Waals surface area contributed by atoms with Gasteiger partial charge in [0.25, 0.3) is 0 Å². The van der Waals surface area contributed by atoms with Gasteiger partial charge < -0.3 is 15.0 Å². The van der Waals surface area contributed by atoms with E-state index in [0.717, 1.165) is 45.6 Å². The van der Waals surface area contributed by atoms with Crippen molar-refractivity contribution in [1.29, 1.82) is 0 Å². The molecule has 0 radical (unpaired) electrons. The molecule has 2 amide bonds. The lowest BCUT2D eigenvalue weighted by atomic mass is 10.0. The molecule has 0 saturated carbocycles. The van der Waals surface area contributed by atoms with E-state index in [-0.39, 0.29) is 18.1 Å². The van der Waals surface area contributed by atoms with Gasteiger partial charge in [0.05, 0.1) is 11.7 Å². The van der Waals surface area contributed by atoms with Crippen LogP contribution in [0, 0.1) is 0 Å². The van der Waals surface area contributed by atoms with Gasteiger partial charge in [0.1, 0.15) is 0 Å². The zero-order chi connectivity index (χ0) is 17.8. The largest absolute Gasteiger partial charge is 0.459 e. The number of hydrogen-bond donors (Lipinski definition) is 1. The molecule has 1 aromatic rings. The Morgan fingerprint density at radius 1 is 1.20 bits per heavy atom. The van der Waals surface area contributed by atoms with E-state index in [2.05, 4.69) is 10.2 Å². The van der Waals surface area contributed by atoms with Crippen LogP contribution in [0.5, 0.6) is 0 Å². The minimum Gasteiger partial charge on any atom is -0.459 e. The summed E-state index contributed by atoms with van der Waals surface area (Å²) >= 11 is 0. The molecule has 0 unspecified atom stereocenters. The Morgan fingerprint density at radius 3 is 2.44 bits per heavy atom. The Kier molecular flexibility index (Phi) is 5.58. The lowest BCUT2D eigenvalue weighted by Gasteiger charge is -2.36. The van der Waals surface area contributed by atoms with Crippen molar-refractivity contribution in [1.82, 2.24) is 15.1 Å². The monoisotopic (exact) mass is 345 g/mol. The van der Waals surface area contributed by atoms with Gasteiger partial charge in [0.15, 0.2) is 0 Å². The van der Waals surface area contributed by atoms with Crippen LogP contribution in [0.25, 0.3) is 0 Å². The summed E-state index contributed by atoms with van der Waals surface area (Å²) in [5, 5.41) is 2.88. The van der Waals surface area contributed by atoms with Crippen molar-refractivity contribution in [2.24, 2.45) is 0 Å². The van der Waals surface area contributed by atoms with Crippen LogP contribution in [0.3, 0.4) is 0 Å². The molecule has 2 aliphatic heterocycles. The van der Waals surface area contributed by atoms with E-state index in [1.165, 1.54) is 5.56 Å². The van der Waals surface area contributed by atoms with Crippen molar-refractivity contribution in [3.8, 4) is 0 Å². The number of benzene rings is 1. The number of nitrogens with zero attached hydrogens (tertiary/aromatic N) is 2. The average Bonchev–Trinajstić information content (AvgIpc) is 3.02. The Balaban J connectivity index is 1.49. The number of urea groups is 1. The molecule has 2 fully saturated rings. The minimum absolute atomic E-state index is 0.0855. The van der Waals surface area contributed by atoms with E-state index < -0.39 is 0 Å². The number of carbonyl (C=O) groups excluding carboxylic acids is 2. The van der Waals surface area contributed by atoms with Gasteiger partial charge in [-0.2, -0.15) is 0 Å². The molecule has 25 heavy (non-hydrogen) atoms. The van der Waals surface area contributed by atoms with E-state index in [9.17, 15) is 9.59 Å². The summed E-state index contributed by atoms with van der Waals surface area (Å²) in [6.07, 6.45) is 1.93. The van der Waals surface area contributed by atoms with Gasteiger partial charge in [-0.25, -0.2) is 9.59 Å². The number of nitrogens with one attached hydrogen (secondary N) is 1. The second kappa shape index (κ2) is 7.87. The van der Waals surface area contributed by atoms with Gasteiger partial charge in [0, 0.05) is 38.8 Å². The van der Waals surface area contributed by atoms with Crippen LogP contribution in [0.4, 0.5) is 4.79 Å². The van der Waals surface area contributed by atoms with Crippen molar-refractivity contribution >= 4 is 12.0 Å². The Hall–Kier alpha value is -2.08. The predicted octanol–water partition coefficient (Wildman–Crippen LogP) is 2.24. The molecule has 136 valence electrons. The number of hydrogen-bond acceptors (Lipinski definition) is 4. The zero-order valence-electron chi connectivity index (χ0n) is 15.0. The van der Waals surface area contributed by atoms with Crippen LogP contribution in [0.15, 0.2) is 24.3 Å². The van der Waals surface area contributed by atoms with Crippen LogP contribution in [0.1, 0.15) is 42.6 Å². The molecule has 0 bridgehead atoms. The molecule has 2 aliphatic rings. The molecule has 0 aliphatic carbocycles. The fraction of sp³-hybridized carbons (Fsp3) is 0.579. The molecule has 1 aromatic carbocycles. The van der Waals surface area contributed by atoms with Crippen LogP contribution < -0.4 is 5.32 Å². The Bertz CT molecular complexity index is 607. The summed E-state index contributed by atoms with van der Waals surface area (Å²) in [7, 11) is 0. The van der Waals surface area contributed by atoms with Gasteiger partial charge in [-0.3, -0.25) is 4.90 Å². The predicted molar refractivity (Wildman–Crippen MR) is 95.4 cm³/mol. The topological polar surface area (TPSA) is 61.9 Å². The highest BCUT2D eigenvalue weighted by Crippen LogP contribution is 2.20. The number of ether oxygens (including phenoxy) is 1. The Labute approximate surface area is 149 Å². The first-order valence-corrected chi connectivity index (χ1v) is 9.09. The summed E-state index contributed by atoms with van der Waals surface area (Å²) in [5.41, 5.74) is 1.79. The highest BCUT2D eigenvalue weighted by atomic mass is 16.5. The normalized spacial score (nSPS) is 19.3. The standard InChI is InChI=1S/C19H27N3O3/c1-14(2)25-18(23)16-5-3-15(4-6-16)13-21-10-7-17(8-11-21)22-12-9-20-19(22)24/h3-6,14,17H,7-13H2,1-2H3,(H,20,24). The van der Waals surface area contributed by atoms with E-state index in [4.69, 9.17) is 4.74 Å². The molecule has 0 atom stereocenters. The average molecular weight is 345 g/mol. The summed E-state index contributed by atoms with van der Waals surface area (Å²) in [6, 6.07) is 8.12. The fourth-order valence-corrected chi connectivity index (χ4v) is 3.51. The first kappa shape index (κ1) is 17.7. The minimum atomic E-state index is -0.272. The molecule has 6 heteroatoms.